The largest absolute Gasteiger partial charge is 0.494 e. The molecule has 0 bridgehead atoms. The summed E-state index contributed by atoms with van der Waals surface area (Å²) >= 11 is 0. The Morgan fingerprint density at radius 3 is 2.72 bits per heavy atom. The van der Waals surface area contributed by atoms with Crippen LogP contribution in [0.25, 0.3) is 10.9 Å². The third-order valence-corrected chi connectivity index (χ3v) is 6.00. The second-order valence-corrected chi connectivity index (χ2v) is 8.71. The van der Waals surface area contributed by atoms with Gasteiger partial charge in [0.15, 0.2) is 0 Å². The van der Waals surface area contributed by atoms with E-state index < -0.39 is 6.10 Å². The number of hydrogen-bond acceptors (Lipinski definition) is 4. The van der Waals surface area contributed by atoms with Crippen molar-refractivity contribution in [2.45, 2.75) is 38.5 Å². The molecule has 1 N–H and O–H groups in total. The van der Waals surface area contributed by atoms with Crippen molar-refractivity contribution >= 4 is 16.8 Å². The first-order chi connectivity index (χ1) is 15.6. The van der Waals surface area contributed by atoms with Gasteiger partial charge in [-0.25, -0.2) is 0 Å². The summed E-state index contributed by atoms with van der Waals surface area (Å²) < 4.78 is 7.94. The van der Waals surface area contributed by atoms with Gasteiger partial charge in [0.2, 0.25) is 5.91 Å². The maximum atomic E-state index is 11.6. The van der Waals surface area contributed by atoms with Crippen LogP contribution in [0.5, 0.6) is 5.75 Å². The lowest BCUT2D eigenvalue weighted by molar-refractivity contribution is -0.127. The second-order valence-electron chi connectivity index (χ2n) is 8.71. The van der Waals surface area contributed by atoms with Crippen molar-refractivity contribution in [2.24, 2.45) is 0 Å². The standard InChI is InChI=1S/C26H33N3O3/c1-27(19-23(30)20-29-16-13-22-6-2-3-7-25(22)29)18-21-9-11-24(12-10-21)32-17-5-15-28-14-4-8-26(28)31/h2-3,6-7,9-13,16,23,30H,4-5,8,14-15,17-20H2,1H3/t23-/m0/s1. The average Bonchev–Trinajstić information content (AvgIpc) is 3.38. The van der Waals surface area contributed by atoms with E-state index in [4.69, 9.17) is 4.74 Å². The lowest BCUT2D eigenvalue weighted by atomic mass is 10.2. The van der Waals surface area contributed by atoms with E-state index in [0.717, 1.165) is 43.7 Å². The topological polar surface area (TPSA) is 57.9 Å². The molecule has 4 rings (SSSR count). The summed E-state index contributed by atoms with van der Waals surface area (Å²) in [5.41, 5.74) is 2.33. The number of likely N-dealkylation sites (N-methyl/N-ethyl adjacent to an activating group) is 1. The van der Waals surface area contributed by atoms with Crippen LogP contribution in [-0.2, 0) is 17.9 Å². The Balaban J connectivity index is 1.18. The number of benzene rings is 2. The number of carbonyl (C=O) groups is 1. The summed E-state index contributed by atoms with van der Waals surface area (Å²) in [7, 11) is 2.03. The molecule has 1 atom stereocenters. The van der Waals surface area contributed by atoms with E-state index in [9.17, 15) is 9.90 Å². The lowest BCUT2D eigenvalue weighted by Gasteiger charge is -2.21. The molecule has 1 aliphatic rings. The summed E-state index contributed by atoms with van der Waals surface area (Å²) in [4.78, 5) is 15.7. The Morgan fingerprint density at radius 1 is 1.12 bits per heavy atom. The van der Waals surface area contributed by atoms with Gasteiger partial charge in [0, 0.05) is 50.9 Å². The molecule has 170 valence electrons. The van der Waals surface area contributed by atoms with Gasteiger partial charge in [-0.2, -0.15) is 0 Å². The maximum absolute atomic E-state index is 11.6. The number of likely N-dealkylation sites (tertiary alicyclic amines) is 1. The first-order valence-corrected chi connectivity index (χ1v) is 11.5. The molecule has 32 heavy (non-hydrogen) atoms. The van der Waals surface area contributed by atoms with E-state index in [2.05, 4.69) is 39.8 Å². The summed E-state index contributed by atoms with van der Waals surface area (Å²) in [5.74, 6) is 1.12. The molecule has 0 radical (unpaired) electrons. The first kappa shape index (κ1) is 22.4. The van der Waals surface area contributed by atoms with Crippen molar-refractivity contribution in [1.82, 2.24) is 14.4 Å². The minimum atomic E-state index is -0.444. The molecule has 2 aromatic carbocycles. The molecule has 1 aliphatic heterocycles. The van der Waals surface area contributed by atoms with E-state index in [1.165, 1.54) is 10.9 Å². The van der Waals surface area contributed by atoms with Gasteiger partial charge < -0.3 is 19.3 Å². The average molecular weight is 436 g/mol. The molecule has 1 amide bonds. The number of aliphatic hydroxyl groups is 1. The zero-order valence-electron chi connectivity index (χ0n) is 18.8. The van der Waals surface area contributed by atoms with Crippen LogP contribution in [0.4, 0.5) is 0 Å². The van der Waals surface area contributed by atoms with Gasteiger partial charge in [0.05, 0.1) is 12.7 Å². The SMILES string of the molecule is CN(Cc1ccc(OCCCN2CCCC2=O)cc1)C[C@H](O)Cn1ccc2ccccc21. The van der Waals surface area contributed by atoms with Gasteiger partial charge in [0.25, 0.3) is 0 Å². The quantitative estimate of drug-likeness (QED) is 0.468. The van der Waals surface area contributed by atoms with Crippen molar-refractivity contribution in [3.63, 3.8) is 0 Å². The molecule has 6 heteroatoms. The number of aromatic nitrogens is 1. The number of fused-ring (bicyclic) bond motifs is 1. The molecular weight excluding hydrogens is 402 g/mol. The molecule has 0 unspecified atom stereocenters. The Morgan fingerprint density at radius 2 is 1.94 bits per heavy atom. The molecule has 3 aromatic rings. The van der Waals surface area contributed by atoms with Gasteiger partial charge in [-0.3, -0.25) is 9.69 Å². The fourth-order valence-electron chi connectivity index (χ4n) is 4.40. The minimum absolute atomic E-state index is 0.269. The van der Waals surface area contributed by atoms with Crippen LogP contribution in [0.3, 0.4) is 0 Å². The molecule has 2 heterocycles. The Labute approximate surface area is 190 Å². The van der Waals surface area contributed by atoms with Crippen LogP contribution in [0.15, 0.2) is 60.8 Å². The summed E-state index contributed by atoms with van der Waals surface area (Å²) in [5, 5.41) is 11.8. The number of ether oxygens (including phenoxy) is 1. The predicted molar refractivity (Wildman–Crippen MR) is 127 cm³/mol. The molecule has 1 aromatic heterocycles. The van der Waals surface area contributed by atoms with E-state index in [-0.39, 0.29) is 5.91 Å². The van der Waals surface area contributed by atoms with Gasteiger partial charge in [0.1, 0.15) is 5.75 Å². The van der Waals surface area contributed by atoms with Crippen molar-refractivity contribution < 1.29 is 14.6 Å². The lowest BCUT2D eigenvalue weighted by Crippen LogP contribution is -2.31. The van der Waals surface area contributed by atoms with Crippen molar-refractivity contribution in [1.29, 1.82) is 0 Å². The summed E-state index contributed by atoms with van der Waals surface area (Å²) in [6, 6.07) is 18.4. The van der Waals surface area contributed by atoms with Gasteiger partial charge in [-0.15, -0.1) is 0 Å². The van der Waals surface area contributed by atoms with Gasteiger partial charge in [-0.1, -0.05) is 30.3 Å². The Bertz CT molecular complexity index is 1010. The number of amides is 1. The van der Waals surface area contributed by atoms with Gasteiger partial charge >= 0.3 is 0 Å². The molecule has 6 nitrogen and oxygen atoms in total. The molecule has 0 aliphatic carbocycles. The van der Waals surface area contributed by atoms with Crippen LogP contribution < -0.4 is 4.74 Å². The number of nitrogens with zero attached hydrogens (tertiary/aromatic N) is 3. The van der Waals surface area contributed by atoms with Crippen LogP contribution in [-0.4, -0.2) is 64.8 Å². The number of aliphatic hydroxyl groups excluding tert-OH is 1. The zero-order valence-corrected chi connectivity index (χ0v) is 18.8. The van der Waals surface area contributed by atoms with Crippen molar-refractivity contribution in [3.05, 3.63) is 66.4 Å². The van der Waals surface area contributed by atoms with Crippen LogP contribution in [0, 0.1) is 0 Å². The number of hydrogen-bond donors (Lipinski definition) is 1. The number of carbonyl (C=O) groups excluding carboxylic acids is 1. The van der Waals surface area contributed by atoms with Gasteiger partial charge in [-0.05, 0) is 55.1 Å². The van der Waals surface area contributed by atoms with E-state index in [0.29, 0.717) is 26.1 Å². The monoisotopic (exact) mass is 435 g/mol. The molecular formula is C26H33N3O3. The first-order valence-electron chi connectivity index (χ1n) is 11.5. The Hall–Kier alpha value is -2.83. The van der Waals surface area contributed by atoms with Crippen molar-refractivity contribution in [2.75, 3.05) is 33.3 Å². The van der Waals surface area contributed by atoms with E-state index in [1.807, 2.05) is 42.4 Å². The predicted octanol–water partition coefficient (Wildman–Crippen LogP) is 3.53. The van der Waals surface area contributed by atoms with Crippen molar-refractivity contribution in [3.8, 4) is 5.75 Å². The fourth-order valence-corrected chi connectivity index (χ4v) is 4.40. The fraction of sp³-hybridized carbons (Fsp3) is 0.423. The third kappa shape index (κ3) is 5.90. The molecule has 0 spiro atoms. The summed E-state index contributed by atoms with van der Waals surface area (Å²) in [6.45, 7) is 4.22. The highest BCUT2D eigenvalue weighted by molar-refractivity contribution is 5.80. The number of para-hydroxylation sites is 1. The molecule has 1 saturated heterocycles. The minimum Gasteiger partial charge on any atom is -0.494 e. The second kappa shape index (κ2) is 10.7. The van der Waals surface area contributed by atoms with Crippen LogP contribution in [0.1, 0.15) is 24.8 Å². The Kier molecular flexibility index (Phi) is 7.45. The molecule has 1 fully saturated rings. The molecule has 0 saturated carbocycles. The van der Waals surface area contributed by atoms with Crippen LogP contribution >= 0.6 is 0 Å². The van der Waals surface area contributed by atoms with Crippen LogP contribution in [0.2, 0.25) is 0 Å². The van der Waals surface area contributed by atoms with E-state index >= 15 is 0 Å². The van der Waals surface area contributed by atoms with E-state index in [1.54, 1.807) is 0 Å². The normalized spacial score (nSPS) is 15.1. The highest BCUT2D eigenvalue weighted by Gasteiger charge is 2.19. The number of rotatable bonds is 11. The highest BCUT2D eigenvalue weighted by atomic mass is 16.5. The maximum Gasteiger partial charge on any atom is 0.222 e. The summed E-state index contributed by atoms with van der Waals surface area (Å²) in [6.07, 6.45) is 4.12. The highest BCUT2D eigenvalue weighted by Crippen LogP contribution is 2.17. The zero-order chi connectivity index (χ0) is 22.3. The third-order valence-electron chi connectivity index (χ3n) is 6.00. The smallest absolute Gasteiger partial charge is 0.222 e.